The molecule has 3 amide bonds. The van der Waals surface area contributed by atoms with E-state index < -0.39 is 11.5 Å². The summed E-state index contributed by atoms with van der Waals surface area (Å²) in [5, 5.41) is 0. The van der Waals surface area contributed by atoms with Crippen LogP contribution in [0.15, 0.2) is 18.2 Å². The molecule has 1 saturated carbocycles. The molecule has 2 heterocycles. The Morgan fingerprint density at radius 1 is 1.07 bits per heavy atom. The third kappa shape index (κ3) is 3.55. The molecule has 0 radical (unpaired) electrons. The normalized spacial score (nSPS) is 25.7. The fourth-order valence-corrected chi connectivity index (χ4v) is 5.96. The number of nitrogens with zero attached hydrogens (tertiary/aromatic N) is 2. The lowest BCUT2D eigenvalue weighted by atomic mass is 9.63. The van der Waals surface area contributed by atoms with Crippen LogP contribution >= 0.6 is 0 Å². The number of amides is 3. The average Bonchev–Trinajstić information content (AvgIpc) is 3.03. The van der Waals surface area contributed by atoms with Gasteiger partial charge in [-0.05, 0) is 70.2 Å². The van der Waals surface area contributed by atoms with E-state index in [9.17, 15) is 14.4 Å². The van der Waals surface area contributed by atoms with Gasteiger partial charge in [-0.3, -0.25) is 19.3 Å². The van der Waals surface area contributed by atoms with Gasteiger partial charge in [-0.2, -0.15) is 0 Å². The highest BCUT2D eigenvalue weighted by atomic mass is 16.2. The lowest BCUT2D eigenvalue weighted by Crippen LogP contribution is -2.54. The Morgan fingerprint density at radius 2 is 1.73 bits per heavy atom. The second-order valence-corrected chi connectivity index (χ2v) is 9.47. The van der Waals surface area contributed by atoms with Crippen LogP contribution < -0.4 is 10.6 Å². The van der Waals surface area contributed by atoms with Crippen molar-refractivity contribution in [3.63, 3.8) is 0 Å². The SMILES string of the molecule is Cc1ccc(N2C(=O)CC(N3CCC(C(N)=O)(C4CCCCC4)CC3)C2=O)c(C)c1. The van der Waals surface area contributed by atoms with E-state index in [0.29, 0.717) is 37.5 Å². The molecule has 2 N–H and O–H groups in total. The van der Waals surface area contributed by atoms with Crippen molar-refractivity contribution in [2.45, 2.75) is 71.3 Å². The fourth-order valence-electron chi connectivity index (χ4n) is 5.96. The van der Waals surface area contributed by atoms with Crippen LogP contribution in [-0.4, -0.2) is 41.8 Å². The van der Waals surface area contributed by atoms with Gasteiger partial charge in [-0.15, -0.1) is 0 Å². The van der Waals surface area contributed by atoms with E-state index in [2.05, 4.69) is 4.90 Å². The van der Waals surface area contributed by atoms with E-state index in [-0.39, 0.29) is 24.1 Å². The first kappa shape index (κ1) is 21.0. The molecule has 1 unspecified atom stereocenters. The summed E-state index contributed by atoms with van der Waals surface area (Å²) >= 11 is 0. The second kappa shape index (κ2) is 8.14. The first-order valence-electron chi connectivity index (χ1n) is 11.3. The molecule has 2 aliphatic heterocycles. The van der Waals surface area contributed by atoms with E-state index in [1.165, 1.54) is 24.2 Å². The van der Waals surface area contributed by atoms with Gasteiger partial charge in [0.15, 0.2) is 0 Å². The van der Waals surface area contributed by atoms with E-state index >= 15 is 0 Å². The number of anilines is 1. The topological polar surface area (TPSA) is 83.7 Å². The smallest absolute Gasteiger partial charge is 0.251 e. The number of primary amides is 1. The maximum atomic E-state index is 13.2. The predicted molar refractivity (Wildman–Crippen MR) is 116 cm³/mol. The summed E-state index contributed by atoms with van der Waals surface area (Å²) in [6.45, 7) is 5.22. The maximum absolute atomic E-state index is 13.2. The molecule has 6 nitrogen and oxygen atoms in total. The van der Waals surface area contributed by atoms with Crippen LogP contribution in [0.5, 0.6) is 0 Å². The third-order valence-corrected chi connectivity index (χ3v) is 7.72. The van der Waals surface area contributed by atoms with Crippen LogP contribution in [0.3, 0.4) is 0 Å². The molecule has 2 saturated heterocycles. The highest BCUT2D eigenvalue weighted by Gasteiger charge is 2.50. The Balaban J connectivity index is 1.49. The van der Waals surface area contributed by atoms with Gasteiger partial charge >= 0.3 is 0 Å². The second-order valence-electron chi connectivity index (χ2n) is 9.47. The Morgan fingerprint density at radius 3 is 2.33 bits per heavy atom. The van der Waals surface area contributed by atoms with Crippen molar-refractivity contribution in [2.24, 2.45) is 17.1 Å². The van der Waals surface area contributed by atoms with Gasteiger partial charge in [0.2, 0.25) is 11.8 Å². The number of likely N-dealkylation sites (tertiary alicyclic amines) is 1. The Hall–Kier alpha value is -2.21. The molecule has 1 aliphatic carbocycles. The molecule has 30 heavy (non-hydrogen) atoms. The van der Waals surface area contributed by atoms with Gasteiger partial charge in [-0.1, -0.05) is 37.0 Å². The quantitative estimate of drug-likeness (QED) is 0.772. The molecule has 0 aromatic heterocycles. The van der Waals surface area contributed by atoms with Gasteiger partial charge in [0.1, 0.15) is 0 Å². The monoisotopic (exact) mass is 411 g/mol. The van der Waals surface area contributed by atoms with Crippen molar-refractivity contribution in [3.05, 3.63) is 29.3 Å². The number of carbonyl (C=O) groups is 3. The first-order valence-corrected chi connectivity index (χ1v) is 11.3. The summed E-state index contributed by atoms with van der Waals surface area (Å²) in [5.41, 5.74) is 8.19. The summed E-state index contributed by atoms with van der Waals surface area (Å²) < 4.78 is 0. The van der Waals surface area contributed by atoms with Crippen molar-refractivity contribution in [1.82, 2.24) is 4.90 Å². The lowest BCUT2D eigenvalue weighted by Gasteiger charge is -2.46. The summed E-state index contributed by atoms with van der Waals surface area (Å²) in [6, 6.07) is 5.36. The van der Waals surface area contributed by atoms with Crippen LogP contribution in [-0.2, 0) is 14.4 Å². The van der Waals surface area contributed by atoms with Gasteiger partial charge in [0.25, 0.3) is 5.91 Å². The van der Waals surface area contributed by atoms with E-state index in [1.807, 2.05) is 32.0 Å². The number of hydrogen-bond acceptors (Lipinski definition) is 4. The molecule has 1 aromatic carbocycles. The molecular weight excluding hydrogens is 378 g/mol. The minimum atomic E-state index is -0.449. The summed E-state index contributed by atoms with van der Waals surface area (Å²) in [6.07, 6.45) is 7.31. The third-order valence-electron chi connectivity index (χ3n) is 7.72. The molecule has 0 spiro atoms. The molecule has 3 fully saturated rings. The number of nitrogens with two attached hydrogens (primary N) is 1. The summed E-state index contributed by atoms with van der Waals surface area (Å²) in [7, 11) is 0. The van der Waals surface area contributed by atoms with Crippen molar-refractivity contribution in [3.8, 4) is 0 Å². The number of imide groups is 1. The molecule has 3 aliphatic rings. The van der Waals surface area contributed by atoms with E-state index in [1.54, 1.807) is 0 Å². The molecular formula is C24H33N3O3. The number of piperidine rings is 1. The van der Waals surface area contributed by atoms with Crippen molar-refractivity contribution < 1.29 is 14.4 Å². The van der Waals surface area contributed by atoms with Crippen molar-refractivity contribution in [1.29, 1.82) is 0 Å². The zero-order valence-electron chi connectivity index (χ0n) is 18.2. The molecule has 1 atom stereocenters. The van der Waals surface area contributed by atoms with Crippen LogP contribution in [0.25, 0.3) is 0 Å². The number of carbonyl (C=O) groups excluding carboxylic acids is 3. The largest absolute Gasteiger partial charge is 0.369 e. The zero-order chi connectivity index (χ0) is 21.5. The molecule has 0 bridgehead atoms. The zero-order valence-corrected chi connectivity index (χ0v) is 18.2. The van der Waals surface area contributed by atoms with Gasteiger partial charge < -0.3 is 5.73 Å². The number of benzene rings is 1. The van der Waals surface area contributed by atoms with Crippen LogP contribution in [0.4, 0.5) is 5.69 Å². The number of hydrogen-bond donors (Lipinski definition) is 1. The highest BCUT2D eigenvalue weighted by molar-refractivity contribution is 6.22. The molecule has 4 rings (SSSR count). The lowest BCUT2D eigenvalue weighted by molar-refractivity contribution is -0.137. The average molecular weight is 412 g/mol. The fraction of sp³-hybridized carbons (Fsp3) is 0.625. The summed E-state index contributed by atoms with van der Waals surface area (Å²) in [5.74, 6) is -0.106. The predicted octanol–water partition coefficient (Wildman–Crippen LogP) is 3.08. The Kier molecular flexibility index (Phi) is 5.71. The molecule has 6 heteroatoms. The first-order chi connectivity index (χ1) is 14.3. The standard InChI is InChI=1S/C24H33N3O3/c1-16-8-9-19(17(2)14-16)27-21(28)15-20(22(27)29)26-12-10-24(11-13-26,23(25)30)18-6-4-3-5-7-18/h8-9,14,18,20H,3-7,10-13,15H2,1-2H3,(H2,25,30). The Bertz CT molecular complexity index is 851. The van der Waals surface area contributed by atoms with Crippen molar-refractivity contribution >= 4 is 23.4 Å². The van der Waals surface area contributed by atoms with E-state index in [0.717, 1.165) is 24.0 Å². The minimum absolute atomic E-state index is 0.142. The van der Waals surface area contributed by atoms with Crippen LogP contribution in [0, 0.1) is 25.2 Å². The maximum Gasteiger partial charge on any atom is 0.251 e. The Labute approximate surface area is 178 Å². The van der Waals surface area contributed by atoms with Gasteiger partial charge in [0.05, 0.1) is 23.6 Å². The molecule has 1 aromatic rings. The van der Waals surface area contributed by atoms with Gasteiger partial charge in [-0.25, -0.2) is 4.90 Å². The number of aryl methyl sites for hydroxylation is 2. The van der Waals surface area contributed by atoms with Gasteiger partial charge in [0, 0.05) is 0 Å². The number of rotatable bonds is 4. The minimum Gasteiger partial charge on any atom is -0.369 e. The highest BCUT2D eigenvalue weighted by Crippen LogP contribution is 2.46. The molecule has 162 valence electrons. The van der Waals surface area contributed by atoms with Crippen LogP contribution in [0.2, 0.25) is 0 Å². The van der Waals surface area contributed by atoms with Crippen LogP contribution in [0.1, 0.15) is 62.5 Å². The van der Waals surface area contributed by atoms with E-state index in [4.69, 9.17) is 5.73 Å². The van der Waals surface area contributed by atoms with Crippen molar-refractivity contribution in [2.75, 3.05) is 18.0 Å². The summed E-state index contributed by atoms with van der Waals surface area (Å²) in [4.78, 5) is 41.9.